The molecule has 0 radical (unpaired) electrons. The second-order valence-electron chi connectivity index (χ2n) is 5.74. The van der Waals surface area contributed by atoms with Crippen LogP contribution < -0.4 is 4.74 Å². The van der Waals surface area contributed by atoms with Crippen molar-refractivity contribution in [3.8, 4) is 5.75 Å². The Morgan fingerprint density at radius 3 is 2.19 bits per heavy atom. The maximum atomic E-state index is 11.0. The van der Waals surface area contributed by atoms with Crippen LogP contribution in [0.3, 0.4) is 0 Å². The molecular formula is C16H21Cl2NO2. The van der Waals surface area contributed by atoms with Gasteiger partial charge in [0.2, 0.25) is 0 Å². The van der Waals surface area contributed by atoms with E-state index in [1.54, 1.807) is 12.1 Å². The van der Waals surface area contributed by atoms with Crippen LogP contribution in [0.5, 0.6) is 5.75 Å². The van der Waals surface area contributed by atoms with Crippen molar-refractivity contribution in [3.63, 3.8) is 0 Å². The predicted molar refractivity (Wildman–Crippen MR) is 86.7 cm³/mol. The first kappa shape index (κ1) is 16.6. The highest BCUT2D eigenvalue weighted by Crippen LogP contribution is 2.28. The summed E-state index contributed by atoms with van der Waals surface area (Å²) < 4.78 is 5.99. The molecule has 116 valence electrons. The highest BCUT2D eigenvalue weighted by atomic mass is 35.5. The number of benzene rings is 1. The fraction of sp³-hybridized carbons (Fsp3) is 0.562. The summed E-state index contributed by atoms with van der Waals surface area (Å²) in [6.45, 7) is 2.29. The minimum absolute atomic E-state index is 0. The van der Waals surface area contributed by atoms with Crippen molar-refractivity contribution in [3.05, 3.63) is 29.8 Å². The standard InChI is InChI=1S/C16H20ClNO2.ClH/c17-16(19)12-4-6-14(7-5-12)20-15-8-10-18(11-9-15)13-2-1-3-13;/h4-7,13,15H,1-3,8-11H2;1H. The molecule has 0 amide bonds. The van der Waals surface area contributed by atoms with E-state index in [9.17, 15) is 4.79 Å². The van der Waals surface area contributed by atoms with E-state index in [1.807, 2.05) is 12.1 Å². The Labute approximate surface area is 137 Å². The largest absolute Gasteiger partial charge is 0.490 e. The average molecular weight is 330 g/mol. The molecule has 1 saturated heterocycles. The van der Waals surface area contributed by atoms with Crippen molar-refractivity contribution in [1.82, 2.24) is 4.90 Å². The summed E-state index contributed by atoms with van der Waals surface area (Å²) in [6.07, 6.45) is 6.62. The van der Waals surface area contributed by atoms with Crippen LogP contribution >= 0.6 is 24.0 Å². The molecule has 2 fully saturated rings. The molecule has 1 aliphatic carbocycles. The number of hydrogen-bond acceptors (Lipinski definition) is 3. The van der Waals surface area contributed by atoms with Gasteiger partial charge in [0.1, 0.15) is 11.9 Å². The van der Waals surface area contributed by atoms with Crippen molar-refractivity contribution in [2.24, 2.45) is 0 Å². The zero-order valence-corrected chi connectivity index (χ0v) is 13.5. The van der Waals surface area contributed by atoms with E-state index in [-0.39, 0.29) is 12.4 Å². The van der Waals surface area contributed by atoms with Crippen LogP contribution in [0.4, 0.5) is 0 Å². The fourth-order valence-corrected chi connectivity index (χ4v) is 3.09. The van der Waals surface area contributed by atoms with Gasteiger partial charge in [0.15, 0.2) is 0 Å². The van der Waals surface area contributed by atoms with Crippen LogP contribution in [0.2, 0.25) is 0 Å². The van der Waals surface area contributed by atoms with E-state index in [0.29, 0.717) is 11.7 Å². The summed E-state index contributed by atoms with van der Waals surface area (Å²) in [5, 5.41) is -0.426. The van der Waals surface area contributed by atoms with Gasteiger partial charge in [-0.2, -0.15) is 0 Å². The van der Waals surface area contributed by atoms with Gasteiger partial charge in [-0.25, -0.2) is 0 Å². The van der Waals surface area contributed by atoms with Gasteiger partial charge < -0.3 is 9.64 Å². The van der Waals surface area contributed by atoms with Crippen LogP contribution in [0.15, 0.2) is 24.3 Å². The van der Waals surface area contributed by atoms with Crippen molar-refractivity contribution in [2.75, 3.05) is 13.1 Å². The summed E-state index contributed by atoms with van der Waals surface area (Å²) in [7, 11) is 0. The molecule has 1 heterocycles. The Morgan fingerprint density at radius 1 is 1.10 bits per heavy atom. The lowest BCUT2D eigenvalue weighted by molar-refractivity contribution is 0.0493. The first-order chi connectivity index (χ1) is 9.72. The van der Waals surface area contributed by atoms with Crippen molar-refractivity contribution < 1.29 is 9.53 Å². The summed E-state index contributed by atoms with van der Waals surface area (Å²) >= 11 is 5.43. The third kappa shape index (κ3) is 4.12. The summed E-state index contributed by atoms with van der Waals surface area (Å²) in [4.78, 5) is 13.6. The average Bonchev–Trinajstić information content (AvgIpc) is 2.39. The zero-order valence-electron chi connectivity index (χ0n) is 12.0. The van der Waals surface area contributed by atoms with Crippen LogP contribution in [0, 0.1) is 0 Å². The lowest BCUT2D eigenvalue weighted by Crippen LogP contribution is -2.46. The number of carbonyl (C=O) groups excluding carboxylic acids is 1. The van der Waals surface area contributed by atoms with E-state index in [2.05, 4.69) is 4.90 Å². The van der Waals surface area contributed by atoms with E-state index < -0.39 is 5.24 Å². The third-order valence-electron chi connectivity index (χ3n) is 4.45. The smallest absolute Gasteiger partial charge is 0.252 e. The molecule has 2 aliphatic rings. The summed E-state index contributed by atoms with van der Waals surface area (Å²) in [5.74, 6) is 0.828. The monoisotopic (exact) mass is 329 g/mol. The molecule has 1 saturated carbocycles. The number of hydrogen-bond donors (Lipinski definition) is 0. The van der Waals surface area contributed by atoms with Gasteiger partial charge in [0.25, 0.3) is 5.24 Å². The Kier molecular flexibility index (Phi) is 5.91. The van der Waals surface area contributed by atoms with Crippen LogP contribution in [-0.2, 0) is 0 Å². The molecule has 21 heavy (non-hydrogen) atoms. The molecule has 1 aromatic rings. The molecule has 1 aromatic carbocycles. The van der Waals surface area contributed by atoms with Crippen molar-refractivity contribution >= 4 is 29.3 Å². The minimum atomic E-state index is -0.426. The van der Waals surface area contributed by atoms with Crippen LogP contribution in [0.1, 0.15) is 42.5 Å². The Hall–Kier alpha value is -0.770. The second-order valence-corrected chi connectivity index (χ2v) is 6.08. The molecule has 3 rings (SSSR count). The van der Waals surface area contributed by atoms with Crippen LogP contribution in [-0.4, -0.2) is 35.4 Å². The number of likely N-dealkylation sites (tertiary alicyclic amines) is 1. The predicted octanol–water partition coefficient (Wildman–Crippen LogP) is 3.88. The Morgan fingerprint density at radius 2 is 1.71 bits per heavy atom. The first-order valence-corrected chi connectivity index (χ1v) is 7.81. The maximum absolute atomic E-state index is 11.0. The lowest BCUT2D eigenvalue weighted by atomic mass is 9.90. The molecule has 0 atom stereocenters. The number of piperidine rings is 1. The number of nitrogens with zero attached hydrogens (tertiary/aromatic N) is 1. The lowest BCUT2D eigenvalue weighted by Gasteiger charge is -2.41. The maximum Gasteiger partial charge on any atom is 0.252 e. The number of rotatable bonds is 4. The quantitative estimate of drug-likeness (QED) is 0.785. The molecule has 3 nitrogen and oxygen atoms in total. The van der Waals surface area contributed by atoms with Gasteiger partial charge >= 0.3 is 0 Å². The molecule has 5 heteroatoms. The zero-order chi connectivity index (χ0) is 13.9. The third-order valence-corrected chi connectivity index (χ3v) is 4.67. The van der Waals surface area contributed by atoms with E-state index in [0.717, 1.165) is 37.7 Å². The van der Waals surface area contributed by atoms with Crippen LogP contribution in [0.25, 0.3) is 0 Å². The molecule has 0 N–H and O–H groups in total. The molecule has 0 aromatic heterocycles. The van der Waals surface area contributed by atoms with Gasteiger partial charge in [-0.1, -0.05) is 6.42 Å². The normalized spacial score (nSPS) is 20.4. The van der Waals surface area contributed by atoms with E-state index in [1.165, 1.54) is 19.3 Å². The minimum Gasteiger partial charge on any atom is -0.490 e. The number of ether oxygens (including phenoxy) is 1. The van der Waals surface area contributed by atoms with E-state index in [4.69, 9.17) is 16.3 Å². The molecule has 0 spiro atoms. The molecule has 0 unspecified atom stereocenters. The van der Waals surface area contributed by atoms with E-state index >= 15 is 0 Å². The fourth-order valence-electron chi connectivity index (χ4n) is 2.97. The summed E-state index contributed by atoms with van der Waals surface area (Å²) in [6, 6.07) is 7.93. The van der Waals surface area contributed by atoms with Gasteiger partial charge in [0, 0.05) is 24.7 Å². The van der Waals surface area contributed by atoms with Gasteiger partial charge in [-0.05, 0) is 61.5 Å². The number of halogens is 2. The van der Waals surface area contributed by atoms with Gasteiger partial charge in [0.05, 0.1) is 0 Å². The Bertz CT molecular complexity index is 466. The molecule has 1 aliphatic heterocycles. The SMILES string of the molecule is Cl.O=C(Cl)c1ccc(OC2CCN(C3CCC3)CC2)cc1. The topological polar surface area (TPSA) is 29.5 Å². The number of carbonyl (C=O) groups is 1. The summed E-state index contributed by atoms with van der Waals surface area (Å²) in [5.41, 5.74) is 0.513. The highest BCUT2D eigenvalue weighted by molar-refractivity contribution is 6.67. The Balaban J connectivity index is 0.00000161. The van der Waals surface area contributed by atoms with Gasteiger partial charge in [-0.3, -0.25) is 4.79 Å². The molecular weight excluding hydrogens is 309 g/mol. The first-order valence-electron chi connectivity index (χ1n) is 7.43. The van der Waals surface area contributed by atoms with Crippen molar-refractivity contribution in [2.45, 2.75) is 44.2 Å². The molecule has 0 bridgehead atoms. The highest BCUT2D eigenvalue weighted by Gasteiger charge is 2.29. The van der Waals surface area contributed by atoms with Crippen molar-refractivity contribution in [1.29, 1.82) is 0 Å². The second kappa shape index (κ2) is 7.48. The van der Waals surface area contributed by atoms with Gasteiger partial charge in [-0.15, -0.1) is 12.4 Å².